The molecule has 0 aliphatic rings. The van der Waals surface area contributed by atoms with Crippen molar-refractivity contribution in [3.8, 4) is 5.75 Å². The van der Waals surface area contributed by atoms with Crippen LogP contribution in [0.3, 0.4) is 0 Å². The van der Waals surface area contributed by atoms with Gasteiger partial charge in [0, 0.05) is 30.2 Å². The van der Waals surface area contributed by atoms with Gasteiger partial charge in [-0.1, -0.05) is 0 Å². The Morgan fingerprint density at radius 1 is 1.41 bits per heavy atom. The average Bonchev–Trinajstić information content (AvgIpc) is 2.54. The van der Waals surface area contributed by atoms with Gasteiger partial charge in [-0.05, 0) is 38.0 Å². The number of ether oxygens (including phenoxy) is 1. The van der Waals surface area contributed by atoms with Crippen LogP contribution >= 0.6 is 0 Å². The number of aromatic nitrogens is 1. The monoisotopic (exact) mass is 232 g/mol. The number of fused-ring (bicyclic) bond motifs is 1. The molecule has 2 rings (SSSR count). The average molecular weight is 232 g/mol. The van der Waals surface area contributed by atoms with E-state index in [0.717, 1.165) is 12.2 Å². The van der Waals surface area contributed by atoms with Gasteiger partial charge in [-0.2, -0.15) is 0 Å². The Labute approximate surface area is 102 Å². The molecule has 2 aromatic rings. The molecule has 0 radical (unpaired) electrons. The third kappa shape index (κ3) is 2.03. The van der Waals surface area contributed by atoms with Crippen LogP contribution < -0.4 is 10.5 Å². The second kappa shape index (κ2) is 4.41. The maximum Gasteiger partial charge on any atom is 0.120 e. The summed E-state index contributed by atoms with van der Waals surface area (Å²) in [4.78, 5) is 0. The number of hydrogen-bond donors (Lipinski definition) is 1. The van der Waals surface area contributed by atoms with Gasteiger partial charge in [0.15, 0.2) is 0 Å². The number of benzene rings is 1. The van der Waals surface area contributed by atoms with Crippen molar-refractivity contribution in [1.29, 1.82) is 0 Å². The van der Waals surface area contributed by atoms with Gasteiger partial charge in [-0.15, -0.1) is 0 Å². The predicted molar refractivity (Wildman–Crippen MR) is 71.6 cm³/mol. The lowest BCUT2D eigenvalue weighted by Gasteiger charge is -2.05. The van der Waals surface area contributed by atoms with E-state index in [4.69, 9.17) is 10.5 Å². The van der Waals surface area contributed by atoms with E-state index in [1.807, 2.05) is 13.0 Å². The molecule has 2 N–H and O–H groups in total. The van der Waals surface area contributed by atoms with Crippen LogP contribution in [0.1, 0.15) is 18.2 Å². The maximum absolute atomic E-state index is 5.92. The second-order valence-electron chi connectivity index (χ2n) is 4.69. The summed E-state index contributed by atoms with van der Waals surface area (Å²) < 4.78 is 7.47. The molecule has 0 amide bonds. The highest BCUT2D eigenvalue weighted by Crippen LogP contribution is 2.28. The molecular weight excluding hydrogens is 212 g/mol. The second-order valence-corrected chi connectivity index (χ2v) is 4.69. The molecule has 3 nitrogen and oxygen atoms in total. The van der Waals surface area contributed by atoms with Crippen molar-refractivity contribution in [3.63, 3.8) is 0 Å². The fraction of sp³-hybridized carbons (Fsp3) is 0.429. The Kier molecular flexibility index (Phi) is 3.11. The summed E-state index contributed by atoms with van der Waals surface area (Å²) in [5.74, 6) is 0.894. The van der Waals surface area contributed by atoms with Gasteiger partial charge in [-0.25, -0.2) is 0 Å². The van der Waals surface area contributed by atoms with Crippen molar-refractivity contribution in [2.24, 2.45) is 12.8 Å². The standard InChI is InChI=1S/C14H20N2O/c1-9(15)7-13-10(2)16(3)14-8-11(17-4)5-6-12(13)14/h5-6,8-9H,7,15H2,1-4H3. The molecule has 17 heavy (non-hydrogen) atoms. The Morgan fingerprint density at radius 2 is 2.12 bits per heavy atom. The van der Waals surface area contributed by atoms with Gasteiger partial charge in [0.2, 0.25) is 0 Å². The topological polar surface area (TPSA) is 40.2 Å². The highest BCUT2D eigenvalue weighted by atomic mass is 16.5. The zero-order chi connectivity index (χ0) is 12.6. The quantitative estimate of drug-likeness (QED) is 0.882. The van der Waals surface area contributed by atoms with Crippen LogP contribution in [-0.4, -0.2) is 17.7 Å². The van der Waals surface area contributed by atoms with E-state index < -0.39 is 0 Å². The van der Waals surface area contributed by atoms with Crippen LogP contribution in [0.4, 0.5) is 0 Å². The molecule has 0 saturated heterocycles. The van der Waals surface area contributed by atoms with Crippen LogP contribution in [0.15, 0.2) is 18.2 Å². The zero-order valence-electron chi connectivity index (χ0n) is 10.9. The summed E-state index contributed by atoms with van der Waals surface area (Å²) in [6.45, 7) is 4.19. The summed E-state index contributed by atoms with van der Waals surface area (Å²) in [5, 5.41) is 1.28. The largest absolute Gasteiger partial charge is 0.497 e. The van der Waals surface area contributed by atoms with E-state index >= 15 is 0 Å². The number of rotatable bonds is 3. The lowest BCUT2D eigenvalue weighted by molar-refractivity contribution is 0.415. The summed E-state index contributed by atoms with van der Waals surface area (Å²) in [6.07, 6.45) is 0.912. The Balaban J connectivity index is 2.64. The van der Waals surface area contributed by atoms with E-state index in [9.17, 15) is 0 Å². The van der Waals surface area contributed by atoms with Gasteiger partial charge in [0.1, 0.15) is 5.75 Å². The van der Waals surface area contributed by atoms with Crippen LogP contribution in [0.25, 0.3) is 10.9 Å². The molecule has 0 fully saturated rings. The van der Waals surface area contributed by atoms with Gasteiger partial charge in [-0.3, -0.25) is 0 Å². The molecule has 0 aliphatic carbocycles. The predicted octanol–water partition coefficient (Wildman–Crippen LogP) is 2.39. The van der Waals surface area contributed by atoms with Gasteiger partial charge in [0.05, 0.1) is 12.6 Å². The third-order valence-electron chi connectivity index (χ3n) is 3.36. The van der Waals surface area contributed by atoms with E-state index in [1.165, 1.54) is 22.2 Å². The van der Waals surface area contributed by atoms with E-state index in [0.29, 0.717) is 0 Å². The molecule has 1 heterocycles. The summed E-state index contributed by atoms with van der Waals surface area (Å²) in [7, 11) is 3.78. The van der Waals surface area contributed by atoms with Crippen molar-refractivity contribution in [1.82, 2.24) is 4.57 Å². The zero-order valence-corrected chi connectivity index (χ0v) is 10.9. The van der Waals surface area contributed by atoms with Crippen LogP contribution in [0.2, 0.25) is 0 Å². The molecule has 0 spiro atoms. The summed E-state index contributed by atoms with van der Waals surface area (Å²) >= 11 is 0. The molecule has 1 aromatic carbocycles. The number of aryl methyl sites for hydroxylation is 1. The SMILES string of the molecule is COc1ccc2c(CC(C)N)c(C)n(C)c2c1. The van der Waals surface area contributed by atoms with E-state index in [1.54, 1.807) is 7.11 Å². The van der Waals surface area contributed by atoms with E-state index in [-0.39, 0.29) is 6.04 Å². The number of hydrogen-bond acceptors (Lipinski definition) is 2. The fourth-order valence-corrected chi connectivity index (χ4v) is 2.33. The first-order valence-electron chi connectivity index (χ1n) is 5.92. The van der Waals surface area contributed by atoms with Gasteiger partial charge < -0.3 is 15.0 Å². The first-order chi connectivity index (χ1) is 8.04. The molecule has 1 aromatic heterocycles. The van der Waals surface area contributed by atoms with Crippen LogP contribution in [-0.2, 0) is 13.5 Å². The molecule has 0 saturated carbocycles. The van der Waals surface area contributed by atoms with Crippen molar-refractivity contribution in [3.05, 3.63) is 29.5 Å². The van der Waals surface area contributed by atoms with Crippen LogP contribution in [0.5, 0.6) is 5.75 Å². The smallest absolute Gasteiger partial charge is 0.120 e. The maximum atomic E-state index is 5.92. The first kappa shape index (κ1) is 12.0. The molecule has 0 bridgehead atoms. The number of nitrogens with zero attached hydrogens (tertiary/aromatic N) is 1. The lowest BCUT2D eigenvalue weighted by Crippen LogP contribution is -2.18. The molecule has 3 heteroatoms. The Bertz CT molecular complexity index is 541. The molecule has 1 atom stereocenters. The minimum atomic E-state index is 0.182. The fourth-order valence-electron chi connectivity index (χ4n) is 2.33. The van der Waals surface area contributed by atoms with E-state index in [2.05, 4.69) is 30.7 Å². The Morgan fingerprint density at radius 3 is 2.71 bits per heavy atom. The van der Waals surface area contributed by atoms with Crippen molar-refractivity contribution in [2.75, 3.05) is 7.11 Å². The Hall–Kier alpha value is -1.48. The normalized spacial score (nSPS) is 13.0. The lowest BCUT2D eigenvalue weighted by atomic mass is 10.0. The van der Waals surface area contributed by atoms with Gasteiger partial charge >= 0.3 is 0 Å². The molecular formula is C14H20N2O. The summed E-state index contributed by atoms with van der Waals surface area (Å²) in [6, 6.07) is 6.39. The number of methoxy groups -OCH3 is 1. The summed E-state index contributed by atoms with van der Waals surface area (Å²) in [5.41, 5.74) is 9.75. The van der Waals surface area contributed by atoms with Gasteiger partial charge in [0.25, 0.3) is 0 Å². The highest BCUT2D eigenvalue weighted by Gasteiger charge is 2.13. The highest BCUT2D eigenvalue weighted by molar-refractivity contribution is 5.86. The minimum absolute atomic E-state index is 0.182. The van der Waals surface area contributed by atoms with Crippen molar-refractivity contribution >= 4 is 10.9 Å². The first-order valence-corrected chi connectivity index (χ1v) is 5.92. The van der Waals surface area contributed by atoms with Crippen molar-refractivity contribution < 1.29 is 4.74 Å². The van der Waals surface area contributed by atoms with Crippen molar-refractivity contribution in [2.45, 2.75) is 26.3 Å². The van der Waals surface area contributed by atoms with Crippen LogP contribution in [0, 0.1) is 6.92 Å². The molecule has 92 valence electrons. The molecule has 0 aliphatic heterocycles. The third-order valence-corrected chi connectivity index (χ3v) is 3.36. The molecule has 1 unspecified atom stereocenters. The minimum Gasteiger partial charge on any atom is -0.497 e. The number of nitrogens with two attached hydrogens (primary N) is 1.